The Bertz CT molecular complexity index is 431. The van der Waals surface area contributed by atoms with Crippen LogP contribution in [0, 0.1) is 0 Å². The van der Waals surface area contributed by atoms with Gasteiger partial charge in [0.1, 0.15) is 0 Å². The maximum atomic E-state index is 11.9. The molecule has 1 unspecified atom stereocenters. The number of nitrogens with one attached hydrogen (secondary N) is 1. The highest BCUT2D eigenvalue weighted by Crippen LogP contribution is 2.26. The minimum Gasteiger partial charge on any atom is -0.397 e. The number of carbonyl (C=O) groups excluding carboxylic acids is 1. The maximum absolute atomic E-state index is 11.9. The van der Waals surface area contributed by atoms with Gasteiger partial charge < -0.3 is 11.1 Å². The number of anilines is 1. The smallest absolute Gasteiger partial charge is 0.272 e. The van der Waals surface area contributed by atoms with Crippen LogP contribution in [0.25, 0.3) is 0 Å². The molecule has 1 heterocycles. The lowest BCUT2D eigenvalue weighted by atomic mass is 10.2. The third-order valence-corrected chi connectivity index (χ3v) is 3.43. The molecule has 5 nitrogen and oxygen atoms in total. The molecule has 0 bridgehead atoms. The number of nitrogens with zero attached hydrogens (tertiary/aromatic N) is 2. The molecule has 18 heavy (non-hydrogen) atoms. The zero-order valence-electron chi connectivity index (χ0n) is 10.9. The van der Waals surface area contributed by atoms with E-state index in [0.717, 1.165) is 0 Å². The first kappa shape index (κ1) is 12.8. The third kappa shape index (κ3) is 2.98. The number of amides is 1. The van der Waals surface area contributed by atoms with Crippen molar-refractivity contribution in [1.82, 2.24) is 15.2 Å². The molecule has 1 saturated carbocycles. The van der Waals surface area contributed by atoms with Crippen LogP contribution >= 0.6 is 0 Å². The van der Waals surface area contributed by atoms with E-state index in [1.165, 1.54) is 12.8 Å². The first-order valence-electron chi connectivity index (χ1n) is 6.30. The van der Waals surface area contributed by atoms with Crippen molar-refractivity contribution in [3.63, 3.8) is 0 Å². The molecule has 0 aliphatic heterocycles. The van der Waals surface area contributed by atoms with Gasteiger partial charge in [0.2, 0.25) is 0 Å². The van der Waals surface area contributed by atoms with E-state index in [-0.39, 0.29) is 5.91 Å². The molecule has 5 heteroatoms. The largest absolute Gasteiger partial charge is 0.397 e. The fourth-order valence-electron chi connectivity index (χ4n) is 1.92. The lowest BCUT2D eigenvalue weighted by molar-refractivity contribution is 0.0935. The third-order valence-electron chi connectivity index (χ3n) is 3.43. The summed E-state index contributed by atoms with van der Waals surface area (Å²) in [6.07, 6.45) is 4.11. The molecule has 1 amide bonds. The van der Waals surface area contributed by atoms with Gasteiger partial charge in [0.15, 0.2) is 5.69 Å². The van der Waals surface area contributed by atoms with E-state index in [1.807, 2.05) is 0 Å². The summed E-state index contributed by atoms with van der Waals surface area (Å²) in [4.78, 5) is 18.2. The van der Waals surface area contributed by atoms with Crippen LogP contribution in [0.4, 0.5) is 5.69 Å². The van der Waals surface area contributed by atoms with Gasteiger partial charge in [0.25, 0.3) is 5.91 Å². The first-order chi connectivity index (χ1) is 8.59. The molecule has 0 aromatic carbocycles. The SMILES string of the molecule is CC(CNC(=O)c1ncccc1N)N(C)C1CC1. The van der Waals surface area contributed by atoms with Crippen molar-refractivity contribution >= 4 is 11.6 Å². The standard InChI is InChI=1S/C13H20N4O/c1-9(17(2)10-5-6-10)8-16-13(18)12-11(14)4-3-7-15-12/h3-4,7,9-10H,5-6,8,14H2,1-2H3,(H,16,18). The Morgan fingerprint density at radius 2 is 2.39 bits per heavy atom. The fourth-order valence-corrected chi connectivity index (χ4v) is 1.92. The van der Waals surface area contributed by atoms with E-state index < -0.39 is 0 Å². The number of hydrogen-bond acceptors (Lipinski definition) is 4. The number of nitrogens with two attached hydrogens (primary N) is 1. The van der Waals surface area contributed by atoms with Gasteiger partial charge in [-0.1, -0.05) is 0 Å². The van der Waals surface area contributed by atoms with Crippen molar-refractivity contribution in [2.75, 3.05) is 19.3 Å². The molecule has 3 N–H and O–H groups in total. The first-order valence-corrected chi connectivity index (χ1v) is 6.30. The van der Waals surface area contributed by atoms with Gasteiger partial charge in [0, 0.05) is 24.8 Å². The average Bonchev–Trinajstić information content (AvgIpc) is 3.19. The number of likely N-dealkylation sites (N-methyl/N-ethyl adjacent to an activating group) is 1. The highest BCUT2D eigenvalue weighted by atomic mass is 16.1. The highest BCUT2D eigenvalue weighted by Gasteiger charge is 2.29. The number of pyridine rings is 1. The molecule has 1 atom stereocenters. The molecular formula is C13H20N4O. The number of aromatic nitrogens is 1. The molecular weight excluding hydrogens is 228 g/mol. The van der Waals surface area contributed by atoms with Crippen molar-refractivity contribution in [2.45, 2.75) is 31.8 Å². The Morgan fingerprint density at radius 1 is 1.67 bits per heavy atom. The normalized spacial score (nSPS) is 16.6. The van der Waals surface area contributed by atoms with E-state index in [1.54, 1.807) is 18.3 Å². The molecule has 0 spiro atoms. The van der Waals surface area contributed by atoms with Crippen molar-refractivity contribution in [3.05, 3.63) is 24.0 Å². The number of hydrogen-bond donors (Lipinski definition) is 2. The second-order valence-corrected chi connectivity index (χ2v) is 4.90. The van der Waals surface area contributed by atoms with Crippen molar-refractivity contribution in [3.8, 4) is 0 Å². The van der Waals surface area contributed by atoms with E-state index in [4.69, 9.17) is 5.73 Å². The van der Waals surface area contributed by atoms with Crippen LogP contribution < -0.4 is 11.1 Å². The van der Waals surface area contributed by atoms with Crippen LogP contribution in [0.3, 0.4) is 0 Å². The van der Waals surface area contributed by atoms with E-state index in [2.05, 4.69) is 29.2 Å². The molecule has 0 radical (unpaired) electrons. The molecule has 1 aliphatic rings. The molecule has 2 rings (SSSR count). The van der Waals surface area contributed by atoms with Gasteiger partial charge in [0.05, 0.1) is 5.69 Å². The molecule has 1 aromatic rings. The van der Waals surface area contributed by atoms with E-state index in [9.17, 15) is 4.79 Å². The fraction of sp³-hybridized carbons (Fsp3) is 0.538. The molecule has 1 aromatic heterocycles. The molecule has 1 aliphatic carbocycles. The molecule has 1 fully saturated rings. The Kier molecular flexibility index (Phi) is 3.81. The maximum Gasteiger partial charge on any atom is 0.272 e. The summed E-state index contributed by atoms with van der Waals surface area (Å²) < 4.78 is 0. The Hall–Kier alpha value is -1.62. The lowest BCUT2D eigenvalue weighted by Crippen LogP contribution is -2.41. The summed E-state index contributed by atoms with van der Waals surface area (Å²) in [6, 6.07) is 4.42. The summed E-state index contributed by atoms with van der Waals surface area (Å²) in [5, 5.41) is 2.88. The van der Waals surface area contributed by atoms with E-state index >= 15 is 0 Å². The van der Waals surface area contributed by atoms with Crippen LogP contribution in [0.15, 0.2) is 18.3 Å². The van der Waals surface area contributed by atoms with Crippen molar-refractivity contribution in [2.24, 2.45) is 0 Å². The minimum atomic E-state index is -0.204. The monoisotopic (exact) mass is 248 g/mol. The second-order valence-electron chi connectivity index (χ2n) is 4.90. The summed E-state index contributed by atoms with van der Waals surface area (Å²) in [5.74, 6) is -0.204. The van der Waals surface area contributed by atoms with Gasteiger partial charge in [-0.25, -0.2) is 4.98 Å². The lowest BCUT2D eigenvalue weighted by Gasteiger charge is -2.24. The Balaban J connectivity index is 1.86. The average molecular weight is 248 g/mol. The summed E-state index contributed by atoms with van der Waals surface area (Å²) in [7, 11) is 2.10. The van der Waals surface area contributed by atoms with E-state index in [0.29, 0.717) is 30.0 Å². The number of carbonyl (C=O) groups is 1. The van der Waals surface area contributed by atoms with Gasteiger partial charge in [-0.2, -0.15) is 0 Å². The van der Waals surface area contributed by atoms with Crippen LogP contribution in [0.1, 0.15) is 30.3 Å². The summed E-state index contributed by atoms with van der Waals surface area (Å²) >= 11 is 0. The number of nitrogen functional groups attached to an aromatic ring is 1. The highest BCUT2D eigenvalue weighted by molar-refractivity contribution is 5.96. The summed E-state index contributed by atoms with van der Waals surface area (Å²) in [6.45, 7) is 2.72. The van der Waals surface area contributed by atoms with Crippen molar-refractivity contribution < 1.29 is 4.79 Å². The topological polar surface area (TPSA) is 71.2 Å². The zero-order valence-corrected chi connectivity index (χ0v) is 10.9. The summed E-state index contributed by atoms with van der Waals surface area (Å²) in [5.41, 5.74) is 6.43. The Labute approximate surface area is 107 Å². The van der Waals surface area contributed by atoms with Crippen LogP contribution in [0.5, 0.6) is 0 Å². The second kappa shape index (κ2) is 5.35. The predicted octanol–water partition coefficient (Wildman–Crippen LogP) is 0.876. The van der Waals surface area contributed by atoms with Gasteiger partial charge in [-0.05, 0) is 38.9 Å². The van der Waals surface area contributed by atoms with Gasteiger partial charge in [-0.3, -0.25) is 9.69 Å². The van der Waals surface area contributed by atoms with Crippen molar-refractivity contribution in [1.29, 1.82) is 0 Å². The van der Waals surface area contributed by atoms with Crippen LogP contribution in [-0.4, -0.2) is 41.5 Å². The molecule has 0 saturated heterocycles. The predicted molar refractivity (Wildman–Crippen MR) is 71.2 cm³/mol. The molecule has 98 valence electrons. The Morgan fingerprint density at radius 3 is 3.00 bits per heavy atom. The van der Waals surface area contributed by atoms with Crippen LogP contribution in [0.2, 0.25) is 0 Å². The number of rotatable bonds is 5. The zero-order chi connectivity index (χ0) is 13.1. The quantitative estimate of drug-likeness (QED) is 0.811. The minimum absolute atomic E-state index is 0.204. The van der Waals surface area contributed by atoms with Gasteiger partial charge in [-0.15, -0.1) is 0 Å². The van der Waals surface area contributed by atoms with Crippen LogP contribution in [-0.2, 0) is 0 Å². The van der Waals surface area contributed by atoms with Gasteiger partial charge >= 0.3 is 0 Å².